The number of esters is 2. The number of ether oxygens (including phenoxy) is 2. The molecule has 0 fully saturated rings. The van der Waals surface area contributed by atoms with Gasteiger partial charge in [-0.3, -0.25) is 18.6 Å². The maximum Gasteiger partial charge on any atom is 0.472 e. The second kappa shape index (κ2) is 76.6. The Bertz CT molecular complexity index is 1850. The summed E-state index contributed by atoms with van der Waals surface area (Å²) in [5.74, 6) is -0.777. The van der Waals surface area contributed by atoms with Gasteiger partial charge in [0.05, 0.1) is 27.7 Å². The molecule has 0 aromatic rings. The second-order valence-electron chi connectivity index (χ2n) is 29.5. The molecular weight excluding hydrogens is 1210 g/mol. The number of phosphoric ester groups is 1. The first kappa shape index (κ1) is 93.5. The van der Waals surface area contributed by atoms with E-state index in [2.05, 4.69) is 86.8 Å². The number of likely N-dealkylation sites (N-methyl/N-ethyl adjacent to an activating group) is 1. The molecule has 0 saturated carbocycles. The molecule has 10 heteroatoms. The molecule has 2 atom stereocenters. The minimum atomic E-state index is -4.40. The lowest BCUT2D eigenvalue weighted by atomic mass is 10.0. The highest BCUT2D eigenvalue weighted by atomic mass is 31.2. The highest BCUT2D eigenvalue weighted by Gasteiger charge is 2.27. The van der Waals surface area contributed by atoms with E-state index in [1.54, 1.807) is 0 Å². The fourth-order valence-corrected chi connectivity index (χ4v) is 13.1. The van der Waals surface area contributed by atoms with Crippen LogP contribution in [0, 0.1) is 0 Å². The smallest absolute Gasteiger partial charge is 0.462 e. The summed E-state index contributed by atoms with van der Waals surface area (Å²) in [6.07, 6.45) is 105. The molecule has 0 heterocycles. The van der Waals surface area contributed by atoms with Crippen LogP contribution in [0.1, 0.15) is 412 Å². The third-order valence-corrected chi connectivity index (χ3v) is 19.7. The highest BCUT2D eigenvalue weighted by Crippen LogP contribution is 2.43. The Morgan fingerprint density at radius 3 is 0.833 bits per heavy atom. The van der Waals surface area contributed by atoms with E-state index in [-0.39, 0.29) is 25.6 Å². The maximum absolute atomic E-state index is 12.9. The maximum atomic E-state index is 12.9. The van der Waals surface area contributed by atoms with Crippen molar-refractivity contribution in [3.8, 4) is 0 Å². The molecule has 0 spiro atoms. The summed E-state index contributed by atoms with van der Waals surface area (Å²) in [6, 6.07) is 0. The van der Waals surface area contributed by atoms with E-state index in [4.69, 9.17) is 18.5 Å². The van der Waals surface area contributed by atoms with Crippen molar-refractivity contribution in [3.05, 3.63) is 72.9 Å². The number of unbranched alkanes of at least 4 members (excludes halogenated alkanes) is 52. The minimum Gasteiger partial charge on any atom is -0.462 e. The van der Waals surface area contributed by atoms with Crippen molar-refractivity contribution in [3.63, 3.8) is 0 Å². The van der Waals surface area contributed by atoms with E-state index in [0.29, 0.717) is 23.9 Å². The van der Waals surface area contributed by atoms with Crippen molar-refractivity contribution >= 4 is 19.8 Å². The number of nitrogens with zero attached hydrogens (tertiary/aromatic N) is 1. The average Bonchev–Trinajstić information content (AvgIpc) is 2.54. The van der Waals surface area contributed by atoms with Crippen LogP contribution in [0.4, 0.5) is 0 Å². The van der Waals surface area contributed by atoms with Crippen LogP contribution in [-0.4, -0.2) is 74.9 Å². The summed E-state index contributed by atoms with van der Waals surface area (Å²) in [7, 11) is 1.50. The summed E-state index contributed by atoms with van der Waals surface area (Å²) in [5, 5.41) is 0. The minimum absolute atomic E-state index is 0.0330. The van der Waals surface area contributed by atoms with Crippen LogP contribution >= 0.6 is 7.82 Å². The number of carbonyl (C=O) groups excluding carboxylic acids is 2. The molecule has 0 amide bonds. The van der Waals surface area contributed by atoms with Crippen molar-refractivity contribution in [2.45, 2.75) is 418 Å². The molecule has 0 aliphatic rings. The zero-order valence-corrected chi connectivity index (χ0v) is 65.3. The van der Waals surface area contributed by atoms with Crippen molar-refractivity contribution < 1.29 is 42.1 Å². The van der Waals surface area contributed by atoms with Crippen molar-refractivity contribution in [1.82, 2.24) is 0 Å². The van der Waals surface area contributed by atoms with E-state index in [1.807, 2.05) is 21.1 Å². The van der Waals surface area contributed by atoms with Crippen molar-refractivity contribution in [1.29, 1.82) is 0 Å². The molecule has 96 heavy (non-hydrogen) atoms. The molecule has 9 nitrogen and oxygen atoms in total. The molecule has 0 aliphatic carbocycles. The molecular formula is C86H161NO8P+. The van der Waals surface area contributed by atoms with Gasteiger partial charge in [0.2, 0.25) is 0 Å². The predicted molar refractivity (Wildman–Crippen MR) is 418 cm³/mol. The van der Waals surface area contributed by atoms with Crippen LogP contribution in [0.5, 0.6) is 0 Å². The van der Waals surface area contributed by atoms with Gasteiger partial charge in [-0.05, 0) is 89.9 Å². The van der Waals surface area contributed by atoms with Gasteiger partial charge in [0.25, 0.3) is 0 Å². The van der Waals surface area contributed by atoms with Gasteiger partial charge >= 0.3 is 19.8 Å². The number of hydrogen-bond acceptors (Lipinski definition) is 7. The molecule has 0 rings (SSSR count). The standard InChI is InChI=1S/C86H160NO8P/c1-6-8-10-12-14-16-18-20-22-24-26-28-30-32-34-36-38-39-40-41-42-43-44-45-46-47-49-51-53-55-57-59-61-63-65-67-69-71-73-75-77-79-86(89)95-84(83-94-96(90,91)93-81-80-87(3,4)5)82-92-85(88)78-76-74-72-70-68-66-64-62-60-58-56-54-52-50-48-37-35-33-31-29-27-25-23-21-19-17-15-13-11-9-7-2/h18-21,24-27,30-33,84H,6-17,22-23,28-29,34-83H2,1-5H3/p+1/b20-18-,21-19-,26-24-,27-25-,32-30-,33-31-. The van der Waals surface area contributed by atoms with Gasteiger partial charge in [-0.1, -0.05) is 382 Å². The Morgan fingerprint density at radius 1 is 0.323 bits per heavy atom. The molecule has 0 aliphatic heterocycles. The first-order valence-electron chi connectivity index (χ1n) is 41.7. The predicted octanol–water partition coefficient (Wildman–Crippen LogP) is 27.8. The Kier molecular flexibility index (Phi) is 74.6. The summed E-state index contributed by atoms with van der Waals surface area (Å²) in [4.78, 5) is 36.0. The van der Waals surface area contributed by atoms with Gasteiger partial charge in [-0.2, -0.15) is 0 Å². The normalized spacial score (nSPS) is 13.4. The van der Waals surface area contributed by atoms with E-state index < -0.39 is 26.5 Å². The average molecular weight is 1370 g/mol. The quantitative estimate of drug-likeness (QED) is 0.0211. The molecule has 2 unspecified atom stereocenters. The third-order valence-electron chi connectivity index (χ3n) is 18.7. The number of allylic oxidation sites excluding steroid dienone is 12. The van der Waals surface area contributed by atoms with Gasteiger partial charge in [-0.25, -0.2) is 4.57 Å². The van der Waals surface area contributed by atoms with Gasteiger partial charge in [-0.15, -0.1) is 0 Å². The highest BCUT2D eigenvalue weighted by molar-refractivity contribution is 7.47. The lowest BCUT2D eigenvalue weighted by Gasteiger charge is -2.24. The summed E-state index contributed by atoms with van der Waals surface area (Å²) < 4.78 is 34.9. The SMILES string of the molecule is CCCCCCC/C=C\C/C=C\C/C=C\CCCCCCCCCCCCCCCCCCCCCCCCCCCCC(=O)OC(COC(=O)CCCCCCCCCCCCCCCCCC/C=C\C/C=C\C/C=C\CCCCCCC)COP(=O)(O)OCC[N+](C)(C)C. The first-order chi connectivity index (χ1) is 47.0. The monoisotopic (exact) mass is 1370 g/mol. The Balaban J connectivity index is 3.90. The van der Waals surface area contributed by atoms with Crippen LogP contribution in [0.15, 0.2) is 72.9 Å². The number of phosphoric acid groups is 1. The van der Waals surface area contributed by atoms with Crippen molar-refractivity contribution in [2.75, 3.05) is 47.5 Å². The van der Waals surface area contributed by atoms with Gasteiger partial charge in [0, 0.05) is 12.8 Å². The van der Waals surface area contributed by atoms with E-state index in [1.165, 1.54) is 321 Å². The van der Waals surface area contributed by atoms with Crippen LogP contribution in [-0.2, 0) is 32.7 Å². The summed E-state index contributed by atoms with van der Waals surface area (Å²) >= 11 is 0. The lowest BCUT2D eigenvalue weighted by molar-refractivity contribution is -0.870. The molecule has 0 saturated heterocycles. The third kappa shape index (κ3) is 80.4. The van der Waals surface area contributed by atoms with Crippen LogP contribution < -0.4 is 0 Å². The number of rotatable bonds is 78. The molecule has 0 aromatic heterocycles. The number of hydrogen-bond donors (Lipinski definition) is 1. The zero-order chi connectivity index (χ0) is 69.7. The second-order valence-corrected chi connectivity index (χ2v) is 31.0. The van der Waals surface area contributed by atoms with Crippen LogP contribution in [0.2, 0.25) is 0 Å². The van der Waals surface area contributed by atoms with Gasteiger partial charge < -0.3 is 18.9 Å². The molecule has 0 aromatic carbocycles. The zero-order valence-electron chi connectivity index (χ0n) is 64.4. The largest absolute Gasteiger partial charge is 0.472 e. The van der Waals surface area contributed by atoms with Crippen LogP contribution in [0.3, 0.4) is 0 Å². The molecule has 0 bridgehead atoms. The molecule has 0 radical (unpaired) electrons. The number of quaternary nitrogens is 1. The fourth-order valence-electron chi connectivity index (χ4n) is 12.3. The fraction of sp³-hybridized carbons (Fsp3) is 0.837. The van der Waals surface area contributed by atoms with Gasteiger partial charge in [0.1, 0.15) is 19.8 Å². The van der Waals surface area contributed by atoms with Crippen LogP contribution in [0.25, 0.3) is 0 Å². The molecule has 1 N–H and O–H groups in total. The molecule has 562 valence electrons. The van der Waals surface area contributed by atoms with Gasteiger partial charge in [0.15, 0.2) is 6.10 Å². The van der Waals surface area contributed by atoms with E-state index >= 15 is 0 Å². The van der Waals surface area contributed by atoms with E-state index in [0.717, 1.165) is 57.8 Å². The number of carbonyl (C=O) groups is 2. The summed E-state index contributed by atoms with van der Waals surface area (Å²) in [5.41, 5.74) is 0. The summed E-state index contributed by atoms with van der Waals surface area (Å²) in [6.45, 7) is 4.47. The Labute approximate surface area is 597 Å². The Morgan fingerprint density at radius 2 is 0.562 bits per heavy atom. The lowest BCUT2D eigenvalue weighted by Crippen LogP contribution is -2.37. The topological polar surface area (TPSA) is 108 Å². The van der Waals surface area contributed by atoms with E-state index in [9.17, 15) is 19.0 Å². The van der Waals surface area contributed by atoms with Crippen molar-refractivity contribution in [2.24, 2.45) is 0 Å². The first-order valence-corrected chi connectivity index (χ1v) is 43.2. The Hall–Kier alpha value is -2.55.